The van der Waals surface area contributed by atoms with Crippen molar-refractivity contribution < 1.29 is 0 Å². The average Bonchev–Trinajstić information content (AvgIpc) is 3.36. The molecule has 2 atom stereocenters. The molecule has 9 heteroatoms. The second kappa shape index (κ2) is 9.66. The lowest BCUT2D eigenvalue weighted by atomic mass is 9.84. The third kappa shape index (κ3) is 4.50. The zero-order valence-electron chi connectivity index (χ0n) is 16.8. The Morgan fingerprint density at radius 3 is 2.90 bits per heavy atom. The first-order chi connectivity index (χ1) is 13.7. The molecule has 0 spiro atoms. The summed E-state index contributed by atoms with van der Waals surface area (Å²) >= 11 is 1.69. The molecule has 2 N–H and O–H groups in total. The highest BCUT2D eigenvalue weighted by Crippen LogP contribution is 2.31. The maximum absolute atomic E-state index is 13.1. The summed E-state index contributed by atoms with van der Waals surface area (Å²) in [6, 6.07) is 10.4. The molecule has 0 aliphatic carbocycles. The van der Waals surface area contributed by atoms with Crippen molar-refractivity contribution in [3.63, 3.8) is 0 Å². The van der Waals surface area contributed by atoms with Crippen LogP contribution in [-0.4, -0.2) is 39.8 Å². The summed E-state index contributed by atoms with van der Waals surface area (Å²) in [7, 11) is 2.05. The number of aromatic nitrogens is 3. The number of nitrogens with one attached hydrogen (secondary N) is 2. The summed E-state index contributed by atoms with van der Waals surface area (Å²) < 4.78 is 2.04. The molecule has 0 aromatic carbocycles. The number of fused-ring (bicyclic) bond motifs is 4. The smallest absolute Gasteiger partial charge is 0.255 e. The molecule has 0 saturated carbocycles. The standard InChI is InChI=1S/C21H25N5OS.2ClH/c1-25(13-17-8-18(24-23-17)20-3-2-6-28-20)12-15-4-5-19-16-7-14(9-22-10-16)11-26(19)21(15)27;;/h2-6,8,14,16,22H,7,9-13H2,1H3,(H,23,24);2*1H/t14-,16+;;/m0../s1. The molecule has 2 aliphatic heterocycles. The Morgan fingerprint density at radius 1 is 1.23 bits per heavy atom. The van der Waals surface area contributed by atoms with E-state index in [1.54, 1.807) is 11.3 Å². The SMILES string of the molecule is CN(Cc1cc(-c2cccs2)n[nH]1)Cc1ccc2n(c1=O)C[C@@H]1CNC[C@H]2C1.Cl.Cl. The fraction of sp³-hybridized carbons (Fsp3) is 0.429. The van der Waals surface area contributed by atoms with E-state index < -0.39 is 0 Å². The van der Waals surface area contributed by atoms with Crippen LogP contribution in [0, 0.1) is 5.92 Å². The van der Waals surface area contributed by atoms with E-state index in [-0.39, 0.29) is 30.4 Å². The topological polar surface area (TPSA) is 66.0 Å². The second-order valence-electron chi connectivity index (χ2n) is 8.08. The number of hydrogen-bond donors (Lipinski definition) is 2. The first kappa shape index (κ1) is 23.0. The van der Waals surface area contributed by atoms with Gasteiger partial charge in [-0.15, -0.1) is 36.2 Å². The zero-order chi connectivity index (χ0) is 19.1. The Bertz CT molecular complexity index is 1030. The van der Waals surface area contributed by atoms with Crippen molar-refractivity contribution in [3.8, 4) is 10.6 Å². The highest BCUT2D eigenvalue weighted by Gasteiger charge is 2.31. The predicted octanol–water partition coefficient (Wildman–Crippen LogP) is 3.48. The van der Waals surface area contributed by atoms with Crippen molar-refractivity contribution in [3.05, 3.63) is 63.0 Å². The van der Waals surface area contributed by atoms with Gasteiger partial charge in [0.2, 0.25) is 0 Å². The van der Waals surface area contributed by atoms with Crippen molar-refractivity contribution in [2.24, 2.45) is 5.92 Å². The van der Waals surface area contributed by atoms with Gasteiger partial charge in [0.05, 0.1) is 4.88 Å². The number of thiophene rings is 1. The van der Waals surface area contributed by atoms with Crippen LogP contribution in [0.15, 0.2) is 40.5 Å². The van der Waals surface area contributed by atoms with Gasteiger partial charge in [-0.2, -0.15) is 5.10 Å². The van der Waals surface area contributed by atoms with Crippen molar-refractivity contribution in [1.29, 1.82) is 0 Å². The quantitative estimate of drug-likeness (QED) is 0.602. The van der Waals surface area contributed by atoms with Gasteiger partial charge in [0.25, 0.3) is 5.56 Å². The Balaban J connectivity index is 0.00000128. The minimum absolute atomic E-state index is 0. The Kier molecular flexibility index (Phi) is 7.42. The summed E-state index contributed by atoms with van der Waals surface area (Å²) in [5.74, 6) is 1.06. The van der Waals surface area contributed by atoms with Gasteiger partial charge in [-0.25, -0.2) is 0 Å². The number of halogens is 2. The van der Waals surface area contributed by atoms with Gasteiger partial charge in [0.15, 0.2) is 0 Å². The van der Waals surface area contributed by atoms with E-state index in [1.165, 1.54) is 12.1 Å². The minimum atomic E-state index is 0. The van der Waals surface area contributed by atoms with E-state index in [2.05, 4.69) is 44.0 Å². The normalized spacial score (nSPS) is 19.7. The third-order valence-corrected chi connectivity index (χ3v) is 6.76. The number of rotatable bonds is 5. The molecule has 6 nitrogen and oxygen atoms in total. The van der Waals surface area contributed by atoms with Crippen molar-refractivity contribution >= 4 is 36.2 Å². The molecule has 5 heterocycles. The fourth-order valence-electron chi connectivity index (χ4n) is 4.59. The maximum atomic E-state index is 13.1. The molecule has 30 heavy (non-hydrogen) atoms. The van der Waals surface area contributed by atoms with Crippen LogP contribution >= 0.6 is 36.2 Å². The Hall–Kier alpha value is -1.64. The lowest BCUT2D eigenvalue weighted by Crippen LogP contribution is -2.45. The fourth-order valence-corrected chi connectivity index (χ4v) is 5.27. The van der Waals surface area contributed by atoms with Crippen LogP contribution in [0.3, 0.4) is 0 Å². The molecular formula is C21H27Cl2N5OS. The van der Waals surface area contributed by atoms with E-state index in [0.29, 0.717) is 18.4 Å². The van der Waals surface area contributed by atoms with Gasteiger partial charge < -0.3 is 9.88 Å². The van der Waals surface area contributed by atoms with Crippen LogP contribution in [0.4, 0.5) is 0 Å². The largest absolute Gasteiger partial charge is 0.316 e. The molecule has 162 valence electrons. The predicted molar refractivity (Wildman–Crippen MR) is 126 cm³/mol. The maximum Gasteiger partial charge on any atom is 0.255 e. The summed E-state index contributed by atoms with van der Waals surface area (Å²) in [6.07, 6.45) is 1.21. The van der Waals surface area contributed by atoms with Crippen LogP contribution in [0.5, 0.6) is 0 Å². The monoisotopic (exact) mass is 467 g/mol. The number of pyridine rings is 1. The number of hydrogen-bond acceptors (Lipinski definition) is 5. The third-order valence-electron chi connectivity index (χ3n) is 5.87. The summed E-state index contributed by atoms with van der Waals surface area (Å²) in [5.41, 5.74) is 4.30. The van der Waals surface area contributed by atoms with E-state index in [9.17, 15) is 4.79 Å². The second-order valence-corrected chi connectivity index (χ2v) is 9.03. The molecule has 3 aromatic heterocycles. The number of H-pyrrole nitrogens is 1. The zero-order valence-corrected chi connectivity index (χ0v) is 19.3. The van der Waals surface area contributed by atoms with Crippen LogP contribution in [-0.2, 0) is 19.6 Å². The van der Waals surface area contributed by atoms with Gasteiger partial charge in [-0.05, 0) is 49.5 Å². The lowest BCUT2D eigenvalue weighted by molar-refractivity contribution is 0.254. The molecule has 0 radical (unpaired) electrons. The van der Waals surface area contributed by atoms with Crippen molar-refractivity contribution in [1.82, 2.24) is 25.0 Å². The van der Waals surface area contributed by atoms with E-state index >= 15 is 0 Å². The minimum Gasteiger partial charge on any atom is -0.316 e. The van der Waals surface area contributed by atoms with E-state index in [0.717, 1.165) is 48.0 Å². The molecule has 3 aromatic rings. The van der Waals surface area contributed by atoms with Gasteiger partial charge in [0.1, 0.15) is 5.69 Å². The highest BCUT2D eigenvalue weighted by molar-refractivity contribution is 7.13. The lowest BCUT2D eigenvalue weighted by Gasteiger charge is -2.37. The average molecular weight is 468 g/mol. The molecule has 1 saturated heterocycles. The van der Waals surface area contributed by atoms with E-state index in [1.807, 2.05) is 23.7 Å². The number of aromatic amines is 1. The van der Waals surface area contributed by atoms with Gasteiger partial charge >= 0.3 is 0 Å². The first-order valence-corrected chi connectivity index (χ1v) is 10.8. The van der Waals surface area contributed by atoms with Crippen molar-refractivity contribution in [2.75, 3.05) is 20.1 Å². The number of piperidine rings is 1. The van der Waals surface area contributed by atoms with Gasteiger partial charge in [-0.1, -0.05) is 12.1 Å². The Morgan fingerprint density at radius 2 is 2.10 bits per heavy atom. The van der Waals surface area contributed by atoms with Crippen LogP contribution in [0.1, 0.15) is 29.3 Å². The number of nitrogens with zero attached hydrogens (tertiary/aromatic N) is 3. The van der Waals surface area contributed by atoms with Crippen LogP contribution < -0.4 is 10.9 Å². The highest BCUT2D eigenvalue weighted by atomic mass is 35.5. The summed E-state index contributed by atoms with van der Waals surface area (Å²) in [5, 5.41) is 13.1. The molecule has 2 aliphatic rings. The molecule has 2 bridgehead atoms. The first-order valence-electron chi connectivity index (χ1n) is 9.87. The van der Waals surface area contributed by atoms with Crippen LogP contribution in [0.2, 0.25) is 0 Å². The molecular weight excluding hydrogens is 441 g/mol. The van der Waals surface area contributed by atoms with Gasteiger partial charge in [0, 0.05) is 49.0 Å². The Labute approximate surface area is 192 Å². The molecule has 5 rings (SSSR count). The van der Waals surface area contributed by atoms with Gasteiger partial charge in [-0.3, -0.25) is 14.8 Å². The summed E-state index contributed by atoms with van der Waals surface area (Å²) in [4.78, 5) is 16.4. The van der Waals surface area contributed by atoms with Crippen LogP contribution in [0.25, 0.3) is 10.6 Å². The molecule has 0 unspecified atom stereocenters. The molecule has 1 fully saturated rings. The van der Waals surface area contributed by atoms with E-state index in [4.69, 9.17) is 0 Å². The molecule has 0 amide bonds. The van der Waals surface area contributed by atoms with Crippen molar-refractivity contribution in [2.45, 2.75) is 32.0 Å². The summed E-state index contributed by atoms with van der Waals surface area (Å²) in [6.45, 7) is 4.23.